The first kappa shape index (κ1) is 14.6. The van der Waals surface area contributed by atoms with Crippen molar-refractivity contribution in [1.29, 1.82) is 0 Å². The van der Waals surface area contributed by atoms with E-state index in [4.69, 9.17) is 10.5 Å². The molecule has 4 nitrogen and oxygen atoms in total. The number of para-hydroxylation sites is 1. The number of rotatable bonds is 6. The first-order valence-electron chi connectivity index (χ1n) is 7.15. The summed E-state index contributed by atoms with van der Waals surface area (Å²) in [5, 5.41) is 4.68. The van der Waals surface area contributed by atoms with Crippen LogP contribution >= 0.6 is 0 Å². The second-order valence-corrected chi connectivity index (χ2v) is 5.09. The molecule has 1 aromatic heterocycles. The predicted molar refractivity (Wildman–Crippen MR) is 82.3 cm³/mol. The van der Waals surface area contributed by atoms with Gasteiger partial charge in [0, 0.05) is 18.6 Å². The summed E-state index contributed by atoms with van der Waals surface area (Å²) >= 11 is 0. The number of hydrogen-bond donors (Lipinski definition) is 1. The number of nitrogens with zero attached hydrogens (tertiary/aromatic N) is 2. The molecule has 0 aliphatic rings. The molecule has 0 aliphatic heterocycles. The molecule has 0 fully saturated rings. The Labute approximate surface area is 120 Å². The number of nitrogen functional groups attached to an aromatic ring is 1. The lowest BCUT2D eigenvalue weighted by Crippen LogP contribution is -2.03. The summed E-state index contributed by atoms with van der Waals surface area (Å²) in [5.41, 5.74) is 9.47. The second-order valence-electron chi connectivity index (χ2n) is 5.09. The van der Waals surface area contributed by atoms with E-state index in [1.165, 1.54) is 0 Å². The summed E-state index contributed by atoms with van der Waals surface area (Å²) < 4.78 is 7.27. The monoisotopic (exact) mass is 273 g/mol. The van der Waals surface area contributed by atoms with Crippen molar-refractivity contribution in [2.24, 2.45) is 0 Å². The van der Waals surface area contributed by atoms with Gasteiger partial charge in [-0.25, -0.2) is 4.68 Å². The van der Waals surface area contributed by atoms with Gasteiger partial charge in [-0.2, -0.15) is 5.10 Å². The van der Waals surface area contributed by atoms with Gasteiger partial charge in [-0.1, -0.05) is 32.0 Å². The summed E-state index contributed by atoms with van der Waals surface area (Å²) in [4.78, 5) is 0. The lowest BCUT2D eigenvalue weighted by atomic mass is 10.0. The normalized spacial score (nSPS) is 11.2. The smallest absolute Gasteiger partial charge is 0.130 e. The van der Waals surface area contributed by atoms with Crippen molar-refractivity contribution in [3.8, 4) is 5.69 Å². The van der Waals surface area contributed by atoms with Gasteiger partial charge >= 0.3 is 0 Å². The molecule has 2 rings (SSSR count). The Morgan fingerprint density at radius 2 is 1.95 bits per heavy atom. The molecule has 0 saturated carbocycles. The number of anilines is 1. The predicted octanol–water partition coefficient (Wildman–Crippen LogP) is 3.16. The first-order valence-corrected chi connectivity index (χ1v) is 7.15. The van der Waals surface area contributed by atoms with E-state index < -0.39 is 0 Å². The molecule has 0 unspecified atom stereocenters. The molecule has 0 saturated heterocycles. The summed E-state index contributed by atoms with van der Waals surface area (Å²) in [6.07, 6.45) is 0.797. The molecule has 2 aromatic rings. The van der Waals surface area contributed by atoms with Crippen LogP contribution in [0.2, 0.25) is 0 Å². The molecular formula is C16H23N3O. The highest BCUT2D eigenvalue weighted by Gasteiger charge is 2.18. The Balaban J connectivity index is 2.37. The molecule has 0 spiro atoms. The maximum absolute atomic E-state index is 6.30. The fourth-order valence-corrected chi connectivity index (χ4v) is 2.38. The van der Waals surface area contributed by atoms with Crippen LogP contribution in [0.4, 0.5) is 5.82 Å². The van der Waals surface area contributed by atoms with E-state index in [1.807, 2.05) is 41.9 Å². The SMILES string of the molecule is CCOCCc1nn(-c2ccccc2)c(N)c1C(C)C. The zero-order valence-electron chi connectivity index (χ0n) is 12.5. The van der Waals surface area contributed by atoms with Crippen LogP contribution in [0.25, 0.3) is 5.69 Å². The number of nitrogens with two attached hydrogens (primary N) is 1. The standard InChI is InChI=1S/C16H23N3O/c1-4-20-11-10-14-15(12(2)3)16(17)19(18-14)13-8-6-5-7-9-13/h5-9,12H,4,10-11,17H2,1-3H3. The molecule has 0 bridgehead atoms. The summed E-state index contributed by atoms with van der Waals surface area (Å²) in [7, 11) is 0. The van der Waals surface area contributed by atoms with Gasteiger partial charge in [-0.05, 0) is 25.0 Å². The largest absolute Gasteiger partial charge is 0.383 e. The van der Waals surface area contributed by atoms with Crippen molar-refractivity contribution in [1.82, 2.24) is 9.78 Å². The highest BCUT2D eigenvalue weighted by molar-refractivity contribution is 5.51. The van der Waals surface area contributed by atoms with Crippen LogP contribution < -0.4 is 5.73 Å². The summed E-state index contributed by atoms with van der Waals surface area (Å²) in [5.74, 6) is 1.08. The van der Waals surface area contributed by atoms with Gasteiger partial charge < -0.3 is 10.5 Å². The molecule has 20 heavy (non-hydrogen) atoms. The maximum atomic E-state index is 6.30. The third kappa shape index (κ3) is 3.02. The first-order chi connectivity index (χ1) is 9.65. The summed E-state index contributed by atoms with van der Waals surface area (Å²) in [6.45, 7) is 7.70. The highest BCUT2D eigenvalue weighted by Crippen LogP contribution is 2.28. The van der Waals surface area contributed by atoms with Gasteiger partial charge in [-0.15, -0.1) is 0 Å². The molecule has 0 amide bonds. The van der Waals surface area contributed by atoms with Gasteiger partial charge in [0.2, 0.25) is 0 Å². The lowest BCUT2D eigenvalue weighted by Gasteiger charge is -2.07. The van der Waals surface area contributed by atoms with Crippen LogP contribution in [0.3, 0.4) is 0 Å². The molecule has 1 aromatic carbocycles. The van der Waals surface area contributed by atoms with Crippen molar-refractivity contribution in [2.45, 2.75) is 33.1 Å². The Morgan fingerprint density at radius 3 is 2.55 bits per heavy atom. The Morgan fingerprint density at radius 1 is 1.25 bits per heavy atom. The van der Waals surface area contributed by atoms with E-state index in [1.54, 1.807) is 0 Å². The minimum Gasteiger partial charge on any atom is -0.383 e. The van der Waals surface area contributed by atoms with Gasteiger partial charge in [0.1, 0.15) is 5.82 Å². The fraction of sp³-hybridized carbons (Fsp3) is 0.438. The van der Waals surface area contributed by atoms with Crippen molar-refractivity contribution in [3.63, 3.8) is 0 Å². The highest BCUT2D eigenvalue weighted by atomic mass is 16.5. The average molecular weight is 273 g/mol. The van der Waals surface area contributed by atoms with Gasteiger partial charge in [0.05, 0.1) is 18.0 Å². The number of ether oxygens (including phenoxy) is 1. The van der Waals surface area contributed by atoms with Crippen LogP contribution in [0.1, 0.15) is 37.9 Å². The lowest BCUT2D eigenvalue weighted by molar-refractivity contribution is 0.150. The number of hydrogen-bond acceptors (Lipinski definition) is 3. The quantitative estimate of drug-likeness (QED) is 0.823. The van der Waals surface area contributed by atoms with Gasteiger partial charge in [0.25, 0.3) is 0 Å². The zero-order chi connectivity index (χ0) is 14.5. The maximum Gasteiger partial charge on any atom is 0.130 e. The molecule has 2 N–H and O–H groups in total. The summed E-state index contributed by atoms with van der Waals surface area (Å²) in [6, 6.07) is 10.00. The number of benzene rings is 1. The topological polar surface area (TPSA) is 53.1 Å². The molecule has 4 heteroatoms. The van der Waals surface area contributed by atoms with Crippen molar-refractivity contribution >= 4 is 5.82 Å². The van der Waals surface area contributed by atoms with Crippen LogP contribution in [0.5, 0.6) is 0 Å². The molecular weight excluding hydrogens is 250 g/mol. The Hall–Kier alpha value is -1.81. The average Bonchev–Trinajstić information content (AvgIpc) is 2.77. The number of aromatic nitrogens is 2. The molecule has 0 atom stereocenters. The third-order valence-corrected chi connectivity index (χ3v) is 3.30. The zero-order valence-corrected chi connectivity index (χ0v) is 12.5. The fourth-order valence-electron chi connectivity index (χ4n) is 2.38. The van der Waals surface area contributed by atoms with E-state index in [2.05, 4.69) is 18.9 Å². The van der Waals surface area contributed by atoms with Gasteiger partial charge in [-0.3, -0.25) is 0 Å². The minimum atomic E-state index is 0.351. The van der Waals surface area contributed by atoms with Crippen LogP contribution in [-0.2, 0) is 11.2 Å². The van der Waals surface area contributed by atoms with Crippen LogP contribution in [0, 0.1) is 0 Å². The van der Waals surface area contributed by atoms with E-state index in [9.17, 15) is 0 Å². The Bertz CT molecular complexity index is 546. The molecule has 0 aliphatic carbocycles. The van der Waals surface area contributed by atoms with E-state index in [0.29, 0.717) is 12.5 Å². The molecule has 108 valence electrons. The Kier molecular flexibility index (Phi) is 4.79. The third-order valence-electron chi connectivity index (χ3n) is 3.30. The van der Waals surface area contributed by atoms with E-state index in [-0.39, 0.29) is 0 Å². The van der Waals surface area contributed by atoms with E-state index in [0.717, 1.165) is 35.8 Å². The van der Waals surface area contributed by atoms with Crippen molar-refractivity contribution < 1.29 is 4.74 Å². The minimum absolute atomic E-state index is 0.351. The van der Waals surface area contributed by atoms with Crippen molar-refractivity contribution in [2.75, 3.05) is 18.9 Å². The van der Waals surface area contributed by atoms with Crippen LogP contribution in [-0.4, -0.2) is 23.0 Å². The van der Waals surface area contributed by atoms with Gasteiger partial charge in [0.15, 0.2) is 0 Å². The molecule has 0 radical (unpaired) electrons. The second kappa shape index (κ2) is 6.57. The van der Waals surface area contributed by atoms with E-state index >= 15 is 0 Å². The van der Waals surface area contributed by atoms with Crippen molar-refractivity contribution in [3.05, 3.63) is 41.6 Å². The molecule has 1 heterocycles. The van der Waals surface area contributed by atoms with Crippen LogP contribution in [0.15, 0.2) is 30.3 Å².